The van der Waals surface area contributed by atoms with Crippen LogP contribution in [-0.2, 0) is 9.53 Å². The van der Waals surface area contributed by atoms with Crippen LogP contribution in [0.25, 0.3) is 0 Å². The third-order valence-electron chi connectivity index (χ3n) is 4.55. The molecule has 1 aliphatic carbocycles. The van der Waals surface area contributed by atoms with Gasteiger partial charge in [-0.05, 0) is 57.4 Å². The molecule has 0 aromatic heterocycles. The van der Waals surface area contributed by atoms with Crippen LogP contribution in [0.3, 0.4) is 0 Å². The van der Waals surface area contributed by atoms with Gasteiger partial charge in [0.15, 0.2) is 6.79 Å². The first-order chi connectivity index (χ1) is 11.0. The Morgan fingerprint density at radius 3 is 2.30 bits per heavy atom. The molecule has 1 aliphatic rings. The minimum absolute atomic E-state index is 0.214. The van der Waals surface area contributed by atoms with Gasteiger partial charge in [-0.3, -0.25) is 4.79 Å². The zero-order chi connectivity index (χ0) is 16.7. The minimum atomic E-state index is -0.469. The summed E-state index contributed by atoms with van der Waals surface area (Å²) in [5, 5.41) is 0. The summed E-state index contributed by atoms with van der Waals surface area (Å²) in [4.78, 5) is 12.0. The quantitative estimate of drug-likeness (QED) is 0.414. The van der Waals surface area contributed by atoms with Crippen LogP contribution in [0.15, 0.2) is 24.3 Å². The normalized spacial score (nSPS) is 16.1. The monoisotopic (exact) mass is 320 g/mol. The fraction of sp³-hybridized carbons (Fsp3) is 0.632. The molecule has 0 radical (unpaired) electrons. The Hall–Kier alpha value is -1.55. The highest BCUT2D eigenvalue weighted by atomic mass is 16.7. The van der Waals surface area contributed by atoms with Crippen molar-refractivity contribution >= 4 is 5.97 Å². The lowest BCUT2D eigenvalue weighted by molar-refractivity contribution is -0.144. The van der Waals surface area contributed by atoms with E-state index in [1.807, 2.05) is 20.8 Å². The molecule has 23 heavy (non-hydrogen) atoms. The molecule has 4 nitrogen and oxygen atoms in total. The van der Waals surface area contributed by atoms with Crippen molar-refractivity contribution < 1.29 is 19.0 Å². The van der Waals surface area contributed by atoms with Crippen LogP contribution in [0.1, 0.15) is 59.3 Å². The molecule has 0 aliphatic heterocycles. The molecule has 1 aromatic rings. The maximum Gasteiger partial charge on any atom is 0.316 e. The maximum absolute atomic E-state index is 12.0. The highest BCUT2D eigenvalue weighted by Crippen LogP contribution is 2.25. The lowest BCUT2D eigenvalue weighted by Gasteiger charge is -2.22. The molecular formula is C19H28O4. The Balaban J connectivity index is 1.76. The predicted molar refractivity (Wildman–Crippen MR) is 89.6 cm³/mol. The van der Waals surface area contributed by atoms with E-state index in [1.54, 1.807) is 24.3 Å². The minimum Gasteiger partial charge on any atom is -0.468 e. The fourth-order valence-electron chi connectivity index (χ4n) is 2.42. The summed E-state index contributed by atoms with van der Waals surface area (Å²) in [7, 11) is 0. The van der Waals surface area contributed by atoms with Crippen LogP contribution in [0.5, 0.6) is 11.5 Å². The summed E-state index contributed by atoms with van der Waals surface area (Å²) < 4.78 is 16.7. The Morgan fingerprint density at radius 1 is 1.09 bits per heavy atom. The third kappa shape index (κ3) is 5.54. The topological polar surface area (TPSA) is 44.8 Å². The number of carbonyl (C=O) groups excluding carboxylic acids is 1. The van der Waals surface area contributed by atoms with E-state index in [1.165, 1.54) is 19.3 Å². The molecule has 0 bridgehead atoms. The van der Waals surface area contributed by atoms with Gasteiger partial charge >= 0.3 is 5.97 Å². The molecule has 0 saturated heterocycles. The second-order valence-electron chi connectivity index (χ2n) is 6.79. The van der Waals surface area contributed by atoms with Crippen molar-refractivity contribution in [2.45, 2.75) is 65.4 Å². The van der Waals surface area contributed by atoms with E-state index in [0.29, 0.717) is 11.9 Å². The van der Waals surface area contributed by atoms with E-state index < -0.39 is 5.41 Å². The number of esters is 1. The molecular weight excluding hydrogens is 292 g/mol. The molecule has 1 aromatic carbocycles. The van der Waals surface area contributed by atoms with E-state index in [9.17, 15) is 4.79 Å². The molecule has 128 valence electrons. The molecule has 0 N–H and O–H groups in total. The van der Waals surface area contributed by atoms with Gasteiger partial charge in [-0.15, -0.1) is 0 Å². The molecule has 0 spiro atoms. The largest absolute Gasteiger partial charge is 0.468 e. The summed E-state index contributed by atoms with van der Waals surface area (Å²) >= 11 is 0. The van der Waals surface area contributed by atoms with Crippen molar-refractivity contribution in [1.29, 1.82) is 0 Å². The molecule has 0 amide bonds. The van der Waals surface area contributed by atoms with Gasteiger partial charge in [-0.2, -0.15) is 0 Å². The van der Waals surface area contributed by atoms with Crippen molar-refractivity contribution in [2.24, 2.45) is 5.41 Å². The van der Waals surface area contributed by atoms with E-state index in [0.717, 1.165) is 25.0 Å². The summed E-state index contributed by atoms with van der Waals surface area (Å²) in [6.45, 7) is 6.02. The van der Waals surface area contributed by atoms with Crippen molar-refractivity contribution in [2.75, 3.05) is 6.79 Å². The van der Waals surface area contributed by atoms with Gasteiger partial charge in [0.05, 0.1) is 11.5 Å². The van der Waals surface area contributed by atoms with E-state index >= 15 is 0 Å². The first-order valence-electron chi connectivity index (χ1n) is 8.58. The predicted octanol–water partition coefficient (Wildman–Crippen LogP) is 4.71. The van der Waals surface area contributed by atoms with Crippen LogP contribution < -0.4 is 9.47 Å². The summed E-state index contributed by atoms with van der Waals surface area (Å²) in [5.41, 5.74) is -0.469. The lowest BCUT2D eigenvalue weighted by atomic mass is 9.91. The molecule has 0 heterocycles. The second-order valence-corrected chi connectivity index (χ2v) is 6.79. The highest BCUT2D eigenvalue weighted by molar-refractivity contribution is 5.78. The SMILES string of the molecule is CCC(C)(C)C(=O)Oc1ccc(OCOC2CCCCC2)cc1. The van der Waals surface area contributed by atoms with E-state index in [2.05, 4.69) is 0 Å². The Morgan fingerprint density at radius 2 is 1.70 bits per heavy atom. The number of benzene rings is 1. The number of rotatable bonds is 7. The number of hydrogen-bond acceptors (Lipinski definition) is 4. The summed E-state index contributed by atoms with van der Waals surface area (Å²) in [6.07, 6.45) is 7.15. The molecule has 0 atom stereocenters. The second kappa shape index (κ2) is 8.34. The van der Waals surface area contributed by atoms with Crippen molar-refractivity contribution in [3.63, 3.8) is 0 Å². The zero-order valence-corrected chi connectivity index (χ0v) is 14.5. The smallest absolute Gasteiger partial charge is 0.316 e. The van der Waals surface area contributed by atoms with Gasteiger partial charge in [0.1, 0.15) is 11.5 Å². The van der Waals surface area contributed by atoms with Crippen molar-refractivity contribution in [1.82, 2.24) is 0 Å². The zero-order valence-electron chi connectivity index (χ0n) is 14.5. The Labute approximate surface area is 139 Å². The average Bonchev–Trinajstić information content (AvgIpc) is 2.57. The molecule has 4 heteroatoms. The van der Waals surface area contributed by atoms with Crippen LogP contribution >= 0.6 is 0 Å². The number of ether oxygens (including phenoxy) is 3. The Kier molecular flexibility index (Phi) is 6.46. The van der Waals surface area contributed by atoms with Gasteiger partial charge in [0.2, 0.25) is 0 Å². The van der Waals surface area contributed by atoms with E-state index in [-0.39, 0.29) is 12.8 Å². The van der Waals surface area contributed by atoms with Gasteiger partial charge in [-0.25, -0.2) is 0 Å². The van der Waals surface area contributed by atoms with Gasteiger partial charge < -0.3 is 14.2 Å². The van der Waals surface area contributed by atoms with Gasteiger partial charge in [0.25, 0.3) is 0 Å². The standard InChI is InChI=1S/C19H28O4/c1-4-19(2,3)18(20)23-17-12-10-16(11-13-17)22-14-21-15-8-6-5-7-9-15/h10-13,15H,4-9,14H2,1-3H3. The van der Waals surface area contributed by atoms with Gasteiger partial charge in [0, 0.05) is 0 Å². The number of carbonyl (C=O) groups is 1. The van der Waals surface area contributed by atoms with Crippen LogP contribution in [0, 0.1) is 5.41 Å². The lowest BCUT2D eigenvalue weighted by Crippen LogP contribution is -2.28. The third-order valence-corrected chi connectivity index (χ3v) is 4.55. The first-order valence-corrected chi connectivity index (χ1v) is 8.58. The van der Waals surface area contributed by atoms with Gasteiger partial charge in [-0.1, -0.05) is 26.2 Å². The Bertz CT molecular complexity index is 487. The number of hydrogen-bond donors (Lipinski definition) is 0. The van der Waals surface area contributed by atoms with Crippen LogP contribution in [0.4, 0.5) is 0 Å². The van der Waals surface area contributed by atoms with Crippen LogP contribution in [0.2, 0.25) is 0 Å². The van der Waals surface area contributed by atoms with Crippen molar-refractivity contribution in [3.8, 4) is 11.5 Å². The van der Waals surface area contributed by atoms with E-state index in [4.69, 9.17) is 14.2 Å². The molecule has 2 rings (SSSR count). The average molecular weight is 320 g/mol. The molecule has 1 fully saturated rings. The fourth-order valence-corrected chi connectivity index (χ4v) is 2.42. The molecule has 0 unspecified atom stereocenters. The summed E-state index contributed by atoms with van der Waals surface area (Å²) in [5.74, 6) is 1.04. The first kappa shape index (κ1) is 17.8. The summed E-state index contributed by atoms with van der Waals surface area (Å²) in [6, 6.07) is 7.09. The molecule has 1 saturated carbocycles. The van der Waals surface area contributed by atoms with Crippen LogP contribution in [-0.4, -0.2) is 18.9 Å². The highest BCUT2D eigenvalue weighted by Gasteiger charge is 2.27. The maximum atomic E-state index is 12.0. The van der Waals surface area contributed by atoms with Crippen molar-refractivity contribution in [3.05, 3.63) is 24.3 Å².